The Balaban J connectivity index is 1.88. The maximum atomic E-state index is 11.6. The summed E-state index contributed by atoms with van der Waals surface area (Å²) in [5, 5.41) is 11.3. The van der Waals surface area contributed by atoms with Crippen LogP contribution in [0.4, 0.5) is 0 Å². The molecule has 2 aliphatic rings. The Hall–Kier alpha value is -1.06. The summed E-state index contributed by atoms with van der Waals surface area (Å²) in [5.41, 5.74) is -0.0152. The number of nitrogens with zero attached hydrogens (tertiary/aromatic N) is 1. The minimum absolute atomic E-state index is 0.0510. The lowest BCUT2D eigenvalue weighted by atomic mass is 9.73. The van der Waals surface area contributed by atoms with Gasteiger partial charge in [0.15, 0.2) is 0 Å². The average Bonchev–Trinajstić information content (AvgIpc) is 2.31. The fourth-order valence-corrected chi connectivity index (χ4v) is 3.02. The van der Waals surface area contributed by atoms with Crippen molar-refractivity contribution >= 4 is 17.5 Å². The van der Waals surface area contributed by atoms with Crippen molar-refractivity contribution in [3.63, 3.8) is 0 Å². The number of rotatable bonds is 1. The molecule has 2 atom stereocenters. The Labute approximate surface area is 105 Å². The second-order valence-corrected chi connectivity index (χ2v) is 5.30. The third kappa shape index (κ3) is 1.57. The van der Waals surface area contributed by atoms with E-state index in [9.17, 15) is 9.90 Å². The van der Waals surface area contributed by atoms with E-state index >= 15 is 0 Å². The minimum atomic E-state index is -0.874. The summed E-state index contributed by atoms with van der Waals surface area (Å²) < 4.78 is 0. The van der Waals surface area contributed by atoms with Gasteiger partial charge in [-0.2, -0.15) is 0 Å². The molecule has 3 rings (SSSR count). The molecule has 2 fully saturated rings. The van der Waals surface area contributed by atoms with Gasteiger partial charge in [-0.3, -0.25) is 4.79 Å². The lowest BCUT2D eigenvalue weighted by Gasteiger charge is -2.56. The maximum Gasteiger partial charge on any atom is 0.223 e. The van der Waals surface area contributed by atoms with Gasteiger partial charge in [-0.1, -0.05) is 23.7 Å². The molecule has 2 heterocycles. The number of halogens is 1. The topological polar surface area (TPSA) is 40.5 Å². The van der Waals surface area contributed by atoms with Gasteiger partial charge in [0.1, 0.15) is 5.60 Å². The fourth-order valence-electron chi connectivity index (χ4n) is 2.89. The highest BCUT2D eigenvalue weighted by molar-refractivity contribution is 6.30. The number of hydrogen-bond acceptors (Lipinski definition) is 2. The van der Waals surface area contributed by atoms with Crippen molar-refractivity contribution in [2.45, 2.75) is 30.9 Å². The van der Waals surface area contributed by atoms with Crippen LogP contribution >= 0.6 is 11.6 Å². The molecular formula is C13H14ClNO2. The number of amides is 1. The standard InChI is InChI=1S/C13H14ClNO2/c14-10-6-4-9(5-7-10)13(17)8-15-11(13)2-1-3-12(15)16/h4-7,11,17H,1-3,8H2/t11-,13+/m0/s1. The van der Waals surface area contributed by atoms with E-state index in [0.717, 1.165) is 18.4 Å². The van der Waals surface area contributed by atoms with Gasteiger partial charge in [-0.05, 0) is 30.5 Å². The largest absolute Gasteiger partial charge is 0.381 e. The van der Waals surface area contributed by atoms with Crippen molar-refractivity contribution < 1.29 is 9.90 Å². The summed E-state index contributed by atoms with van der Waals surface area (Å²) in [6.45, 7) is 0.415. The Morgan fingerprint density at radius 3 is 2.76 bits per heavy atom. The molecule has 0 radical (unpaired) electrons. The van der Waals surface area contributed by atoms with E-state index in [1.54, 1.807) is 17.0 Å². The second-order valence-electron chi connectivity index (χ2n) is 4.86. The van der Waals surface area contributed by atoms with E-state index in [4.69, 9.17) is 11.6 Å². The number of piperidine rings is 1. The van der Waals surface area contributed by atoms with Crippen LogP contribution in [-0.4, -0.2) is 28.5 Å². The quantitative estimate of drug-likeness (QED) is 0.829. The molecule has 1 N–H and O–H groups in total. The molecule has 0 spiro atoms. The fraction of sp³-hybridized carbons (Fsp3) is 0.462. The molecule has 3 nitrogen and oxygen atoms in total. The van der Waals surface area contributed by atoms with Gasteiger partial charge in [0, 0.05) is 11.4 Å². The zero-order valence-electron chi connectivity index (χ0n) is 9.40. The van der Waals surface area contributed by atoms with Crippen molar-refractivity contribution in [2.75, 3.05) is 6.54 Å². The van der Waals surface area contributed by atoms with Crippen LogP contribution in [0, 0.1) is 0 Å². The highest BCUT2D eigenvalue weighted by Gasteiger charge is 2.55. The summed E-state index contributed by atoms with van der Waals surface area (Å²) in [4.78, 5) is 13.4. The first-order valence-corrected chi connectivity index (χ1v) is 6.27. The van der Waals surface area contributed by atoms with Gasteiger partial charge in [0.25, 0.3) is 0 Å². The minimum Gasteiger partial charge on any atom is -0.381 e. The molecule has 2 saturated heterocycles. The van der Waals surface area contributed by atoms with Crippen molar-refractivity contribution in [3.05, 3.63) is 34.9 Å². The van der Waals surface area contributed by atoms with Crippen LogP contribution in [0.15, 0.2) is 24.3 Å². The molecular weight excluding hydrogens is 238 g/mol. The molecule has 0 saturated carbocycles. The number of fused-ring (bicyclic) bond motifs is 1. The van der Waals surface area contributed by atoms with E-state index in [1.807, 2.05) is 12.1 Å². The molecule has 4 heteroatoms. The predicted molar refractivity (Wildman–Crippen MR) is 64.7 cm³/mol. The van der Waals surface area contributed by atoms with Gasteiger partial charge < -0.3 is 10.0 Å². The van der Waals surface area contributed by atoms with E-state index < -0.39 is 5.60 Å². The van der Waals surface area contributed by atoms with Gasteiger partial charge in [-0.25, -0.2) is 0 Å². The van der Waals surface area contributed by atoms with Crippen LogP contribution in [0.25, 0.3) is 0 Å². The molecule has 0 bridgehead atoms. The first-order chi connectivity index (χ1) is 8.11. The van der Waals surface area contributed by atoms with Gasteiger partial charge in [0.2, 0.25) is 5.91 Å². The zero-order chi connectivity index (χ0) is 12.0. The van der Waals surface area contributed by atoms with E-state index in [2.05, 4.69) is 0 Å². The molecule has 0 unspecified atom stereocenters. The number of carbonyl (C=O) groups is 1. The summed E-state index contributed by atoms with van der Waals surface area (Å²) >= 11 is 5.84. The van der Waals surface area contributed by atoms with Crippen LogP contribution in [0.5, 0.6) is 0 Å². The second kappa shape index (κ2) is 3.72. The molecule has 1 amide bonds. The average molecular weight is 252 g/mol. The first-order valence-electron chi connectivity index (χ1n) is 5.89. The number of benzene rings is 1. The van der Waals surface area contributed by atoms with Crippen molar-refractivity contribution in [2.24, 2.45) is 0 Å². The SMILES string of the molecule is O=C1CCC[C@@H]2N1C[C@@]2(O)c1ccc(Cl)cc1. The highest BCUT2D eigenvalue weighted by atomic mass is 35.5. The van der Waals surface area contributed by atoms with Crippen molar-refractivity contribution in [1.82, 2.24) is 4.90 Å². The van der Waals surface area contributed by atoms with E-state index in [1.165, 1.54) is 0 Å². The van der Waals surface area contributed by atoms with Gasteiger partial charge in [0.05, 0.1) is 12.6 Å². The van der Waals surface area contributed by atoms with Crippen LogP contribution in [0.2, 0.25) is 5.02 Å². The lowest BCUT2D eigenvalue weighted by Crippen LogP contribution is -2.70. The van der Waals surface area contributed by atoms with Crippen LogP contribution in [0.3, 0.4) is 0 Å². The van der Waals surface area contributed by atoms with E-state index in [-0.39, 0.29) is 11.9 Å². The summed E-state index contributed by atoms with van der Waals surface area (Å²) in [7, 11) is 0. The third-order valence-electron chi connectivity index (χ3n) is 3.87. The molecule has 2 aliphatic heterocycles. The summed E-state index contributed by atoms with van der Waals surface area (Å²) in [5.74, 6) is 0.167. The maximum absolute atomic E-state index is 11.6. The van der Waals surface area contributed by atoms with Gasteiger partial charge >= 0.3 is 0 Å². The number of carbonyl (C=O) groups excluding carboxylic acids is 1. The predicted octanol–water partition coefficient (Wildman–Crippen LogP) is 1.92. The Kier molecular flexibility index (Phi) is 2.42. The Bertz CT molecular complexity index is 459. The highest BCUT2D eigenvalue weighted by Crippen LogP contribution is 2.43. The Morgan fingerprint density at radius 2 is 2.06 bits per heavy atom. The molecule has 0 aromatic heterocycles. The summed E-state index contributed by atoms with van der Waals surface area (Å²) in [6, 6.07) is 7.20. The normalized spacial score (nSPS) is 32.0. The van der Waals surface area contributed by atoms with Crippen molar-refractivity contribution in [3.8, 4) is 0 Å². The van der Waals surface area contributed by atoms with Gasteiger partial charge in [-0.15, -0.1) is 0 Å². The molecule has 1 aromatic carbocycles. The number of hydrogen-bond donors (Lipinski definition) is 1. The smallest absolute Gasteiger partial charge is 0.223 e. The van der Waals surface area contributed by atoms with Crippen molar-refractivity contribution in [1.29, 1.82) is 0 Å². The lowest BCUT2D eigenvalue weighted by molar-refractivity contribution is -0.189. The van der Waals surface area contributed by atoms with Crippen LogP contribution in [-0.2, 0) is 10.4 Å². The molecule has 90 valence electrons. The molecule has 1 aromatic rings. The molecule has 0 aliphatic carbocycles. The molecule has 17 heavy (non-hydrogen) atoms. The third-order valence-corrected chi connectivity index (χ3v) is 4.12. The monoisotopic (exact) mass is 251 g/mol. The van der Waals surface area contributed by atoms with Crippen LogP contribution < -0.4 is 0 Å². The Morgan fingerprint density at radius 1 is 1.35 bits per heavy atom. The summed E-state index contributed by atoms with van der Waals surface area (Å²) in [6.07, 6.45) is 2.37. The van der Waals surface area contributed by atoms with Crippen LogP contribution in [0.1, 0.15) is 24.8 Å². The number of aliphatic hydroxyl groups is 1. The zero-order valence-corrected chi connectivity index (χ0v) is 10.2. The van der Waals surface area contributed by atoms with E-state index in [0.29, 0.717) is 18.0 Å². The first kappa shape index (κ1) is 11.1.